The van der Waals surface area contributed by atoms with Gasteiger partial charge in [0.05, 0.1) is 5.69 Å². The molecule has 5 rings (SSSR count). The van der Waals surface area contributed by atoms with Crippen LogP contribution in [0.2, 0.25) is 0 Å². The second-order valence-electron chi connectivity index (χ2n) is 9.03. The average molecular weight is 461 g/mol. The topological polar surface area (TPSA) is 77.4 Å². The van der Waals surface area contributed by atoms with Crippen molar-refractivity contribution in [3.63, 3.8) is 0 Å². The van der Waals surface area contributed by atoms with E-state index < -0.39 is 0 Å². The van der Waals surface area contributed by atoms with E-state index in [4.69, 9.17) is 0 Å². The standard InChI is InChI=1S/C25H29FN8/c1-16-14-34-15-17(10-22(26)24(34)29-16)20-12-27-23-21(20)13-28-25(31-23)30-18-6-5-7-19(11-18)33(4)9-8-32(2)3/h6,10-15H,5,7-9H2,1-4H3,(H2,27,28,30,31). The van der Waals surface area contributed by atoms with E-state index in [1.54, 1.807) is 10.6 Å². The fourth-order valence-corrected chi connectivity index (χ4v) is 4.23. The van der Waals surface area contributed by atoms with E-state index in [0.29, 0.717) is 17.2 Å². The number of allylic oxidation sites excluding steroid dienone is 3. The zero-order chi connectivity index (χ0) is 23.8. The number of aromatic nitrogens is 5. The number of aryl methyl sites for hydroxylation is 1. The van der Waals surface area contributed by atoms with E-state index in [1.807, 2.05) is 25.5 Å². The SMILES string of the molecule is Cc1cn2cc(-c3c[nH]c4nc(NC5=CCCC(N(C)CCN(C)C)=C5)ncc34)cc(F)c2n1. The lowest BCUT2D eigenvalue weighted by atomic mass is 10.1. The van der Waals surface area contributed by atoms with E-state index in [2.05, 4.69) is 68.3 Å². The van der Waals surface area contributed by atoms with Gasteiger partial charge in [0.15, 0.2) is 11.5 Å². The first kappa shape index (κ1) is 22.1. The van der Waals surface area contributed by atoms with Crippen LogP contribution in [0.4, 0.5) is 10.3 Å². The van der Waals surface area contributed by atoms with Gasteiger partial charge in [0, 0.05) is 72.8 Å². The Balaban J connectivity index is 1.37. The summed E-state index contributed by atoms with van der Waals surface area (Å²) < 4.78 is 16.3. The van der Waals surface area contributed by atoms with Crippen molar-refractivity contribution in [2.24, 2.45) is 0 Å². The van der Waals surface area contributed by atoms with Crippen LogP contribution in [-0.4, -0.2) is 68.4 Å². The lowest BCUT2D eigenvalue weighted by Gasteiger charge is -2.26. The summed E-state index contributed by atoms with van der Waals surface area (Å²) in [5.74, 6) is 0.161. The van der Waals surface area contributed by atoms with Crippen LogP contribution in [0.15, 0.2) is 54.4 Å². The van der Waals surface area contributed by atoms with Crippen LogP contribution in [-0.2, 0) is 0 Å². The minimum atomic E-state index is -0.360. The fraction of sp³-hybridized carbons (Fsp3) is 0.320. The van der Waals surface area contributed by atoms with Crippen molar-refractivity contribution in [3.8, 4) is 11.1 Å². The zero-order valence-corrected chi connectivity index (χ0v) is 19.9. The molecular weight excluding hydrogens is 431 g/mol. The van der Waals surface area contributed by atoms with Crippen LogP contribution >= 0.6 is 0 Å². The Morgan fingerprint density at radius 1 is 1.18 bits per heavy atom. The van der Waals surface area contributed by atoms with Gasteiger partial charge < -0.3 is 24.5 Å². The zero-order valence-electron chi connectivity index (χ0n) is 19.9. The Kier molecular flexibility index (Phi) is 5.79. The summed E-state index contributed by atoms with van der Waals surface area (Å²) in [6.45, 7) is 3.83. The highest BCUT2D eigenvalue weighted by molar-refractivity contribution is 5.93. The quantitative estimate of drug-likeness (QED) is 0.431. The minimum absolute atomic E-state index is 0.323. The molecule has 9 heteroatoms. The monoisotopic (exact) mass is 460 g/mol. The molecule has 1 aliphatic carbocycles. The number of nitrogens with zero attached hydrogens (tertiary/aromatic N) is 6. The summed E-state index contributed by atoms with van der Waals surface area (Å²) in [5, 5.41) is 4.17. The van der Waals surface area contributed by atoms with Crippen LogP contribution in [0.1, 0.15) is 18.5 Å². The van der Waals surface area contributed by atoms with Gasteiger partial charge in [-0.1, -0.05) is 6.08 Å². The van der Waals surface area contributed by atoms with E-state index in [9.17, 15) is 4.39 Å². The molecule has 0 unspecified atom stereocenters. The number of H-pyrrole nitrogens is 1. The molecule has 0 atom stereocenters. The maximum atomic E-state index is 14.6. The molecule has 0 spiro atoms. The number of pyridine rings is 1. The Morgan fingerprint density at radius 3 is 2.85 bits per heavy atom. The molecule has 4 aromatic heterocycles. The van der Waals surface area contributed by atoms with Crippen LogP contribution in [0.25, 0.3) is 27.8 Å². The summed E-state index contributed by atoms with van der Waals surface area (Å²) in [5.41, 5.74) is 5.65. The molecule has 4 heterocycles. The van der Waals surface area contributed by atoms with Gasteiger partial charge in [-0.05, 0) is 46.0 Å². The molecule has 0 bridgehead atoms. The van der Waals surface area contributed by atoms with E-state index >= 15 is 0 Å². The van der Waals surface area contributed by atoms with E-state index in [0.717, 1.165) is 53.8 Å². The van der Waals surface area contributed by atoms with Crippen LogP contribution in [0.3, 0.4) is 0 Å². The number of imidazole rings is 1. The Labute approximate surface area is 197 Å². The fourth-order valence-electron chi connectivity index (χ4n) is 4.23. The molecule has 0 fully saturated rings. The number of hydrogen-bond acceptors (Lipinski definition) is 6. The van der Waals surface area contributed by atoms with Crippen molar-refractivity contribution >= 4 is 22.6 Å². The normalized spacial score (nSPS) is 14.1. The maximum absolute atomic E-state index is 14.6. The van der Waals surface area contributed by atoms with E-state index in [1.165, 1.54) is 11.8 Å². The third-order valence-electron chi connectivity index (χ3n) is 6.09. The van der Waals surface area contributed by atoms with Crippen LogP contribution in [0, 0.1) is 12.7 Å². The number of anilines is 1. The summed E-state index contributed by atoms with van der Waals surface area (Å²) in [4.78, 5) is 21.1. The highest BCUT2D eigenvalue weighted by atomic mass is 19.1. The smallest absolute Gasteiger partial charge is 0.229 e. The summed E-state index contributed by atoms with van der Waals surface area (Å²) >= 11 is 0. The van der Waals surface area contributed by atoms with Crippen molar-refractivity contribution in [1.82, 2.24) is 34.1 Å². The van der Waals surface area contributed by atoms with Gasteiger partial charge in [0.1, 0.15) is 5.65 Å². The molecule has 0 saturated heterocycles. The molecule has 1 aliphatic rings. The summed E-state index contributed by atoms with van der Waals surface area (Å²) in [6, 6.07) is 1.50. The number of nitrogens with one attached hydrogen (secondary N) is 2. The molecule has 0 aromatic carbocycles. The molecule has 2 N–H and O–H groups in total. The largest absolute Gasteiger partial charge is 0.377 e. The van der Waals surface area contributed by atoms with Gasteiger partial charge in [-0.3, -0.25) is 0 Å². The molecule has 8 nitrogen and oxygen atoms in total. The highest BCUT2D eigenvalue weighted by Crippen LogP contribution is 2.30. The number of hydrogen-bond donors (Lipinski definition) is 2. The highest BCUT2D eigenvalue weighted by Gasteiger charge is 2.15. The third kappa shape index (κ3) is 4.38. The average Bonchev–Trinajstić information content (AvgIpc) is 3.40. The lowest BCUT2D eigenvalue weighted by Crippen LogP contribution is -2.29. The second-order valence-corrected chi connectivity index (χ2v) is 9.03. The van der Waals surface area contributed by atoms with Crippen molar-refractivity contribution in [1.29, 1.82) is 0 Å². The number of rotatable bonds is 7. The van der Waals surface area contributed by atoms with Gasteiger partial charge in [0.2, 0.25) is 5.95 Å². The first-order valence-electron chi connectivity index (χ1n) is 11.4. The Hall–Kier alpha value is -3.72. The molecule has 4 aromatic rings. The lowest BCUT2D eigenvalue weighted by molar-refractivity contribution is 0.319. The molecule has 34 heavy (non-hydrogen) atoms. The molecule has 0 radical (unpaired) electrons. The van der Waals surface area contributed by atoms with Crippen molar-refractivity contribution in [2.45, 2.75) is 19.8 Å². The predicted molar refractivity (Wildman–Crippen MR) is 133 cm³/mol. The van der Waals surface area contributed by atoms with Crippen molar-refractivity contribution < 1.29 is 4.39 Å². The maximum Gasteiger partial charge on any atom is 0.229 e. The van der Waals surface area contributed by atoms with Crippen LogP contribution < -0.4 is 5.32 Å². The van der Waals surface area contributed by atoms with Crippen molar-refractivity contribution in [2.75, 3.05) is 39.5 Å². The molecule has 0 aliphatic heterocycles. The van der Waals surface area contributed by atoms with Gasteiger partial charge in [-0.25, -0.2) is 14.4 Å². The summed E-state index contributed by atoms with van der Waals surface area (Å²) in [7, 11) is 6.30. The molecule has 0 saturated carbocycles. The molecule has 0 amide bonds. The number of aromatic amines is 1. The van der Waals surface area contributed by atoms with Gasteiger partial charge >= 0.3 is 0 Å². The first-order chi connectivity index (χ1) is 16.4. The first-order valence-corrected chi connectivity index (χ1v) is 11.4. The van der Waals surface area contributed by atoms with Gasteiger partial charge in [0.25, 0.3) is 0 Å². The van der Waals surface area contributed by atoms with Gasteiger partial charge in [-0.15, -0.1) is 0 Å². The Morgan fingerprint density at radius 2 is 2.03 bits per heavy atom. The predicted octanol–water partition coefficient (Wildman–Crippen LogP) is 4.19. The second kappa shape index (κ2) is 8.90. The molecule has 176 valence electrons. The Bertz CT molecular complexity index is 1410. The number of likely N-dealkylation sites (N-methyl/N-ethyl adjacent to an activating group) is 2. The molecular formula is C25H29FN8. The minimum Gasteiger partial charge on any atom is -0.377 e. The van der Waals surface area contributed by atoms with Crippen molar-refractivity contribution in [3.05, 3.63) is 65.9 Å². The van der Waals surface area contributed by atoms with E-state index in [-0.39, 0.29) is 5.82 Å². The number of fused-ring (bicyclic) bond motifs is 2. The third-order valence-corrected chi connectivity index (χ3v) is 6.09. The van der Waals surface area contributed by atoms with Crippen LogP contribution in [0.5, 0.6) is 0 Å². The number of halogens is 1. The van der Waals surface area contributed by atoms with Gasteiger partial charge in [-0.2, -0.15) is 4.98 Å². The summed E-state index contributed by atoms with van der Waals surface area (Å²) in [6.07, 6.45) is 13.6.